The lowest BCUT2D eigenvalue weighted by molar-refractivity contribution is -0.143. The lowest BCUT2D eigenvalue weighted by Crippen LogP contribution is -2.40. The van der Waals surface area contributed by atoms with Crippen LogP contribution in [0.2, 0.25) is 0 Å². The first kappa shape index (κ1) is 34.9. The van der Waals surface area contributed by atoms with Crippen molar-refractivity contribution in [3.8, 4) is 22.6 Å². The average Bonchev–Trinajstić information content (AvgIpc) is 3.72. The van der Waals surface area contributed by atoms with E-state index in [2.05, 4.69) is 10.6 Å². The first-order valence-corrected chi connectivity index (χ1v) is 18.1. The number of carbonyl (C=O) groups excluding carboxylic acids is 2. The molecule has 0 N–H and O–H groups in total. The van der Waals surface area contributed by atoms with E-state index in [0.29, 0.717) is 38.7 Å². The highest BCUT2D eigenvalue weighted by Gasteiger charge is 2.34. The van der Waals surface area contributed by atoms with Gasteiger partial charge in [0.1, 0.15) is 11.1 Å². The highest BCUT2D eigenvalue weighted by Crippen LogP contribution is 2.39. The van der Waals surface area contributed by atoms with Crippen molar-refractivity contribution >= 4 is 40.7 Å². The number of hydrogen-bond acceptors (Lipinski definition) is 11. The number of nitrogens with zero attached hydrogens (tertiary/aromatic N) is 4. The second-order valence-corrected chi connectivity index (χ2v) is 14.1. The Balaban J connectivity index is 1.48. The highest BCUT2D eigenvalue weighted by molar-refractivity contribution is 7.15. The van der Waals surface area contributed by atoms with Gasteiger partial charge < -0.3 is 23.5 Å². The van der Waals surface area contributed by atoms with Crippen LogP contribution in [0.5, 0.6) is 11.5 Å². The maximum Gasteiger partial charge on any atom is 0.343 e. The van der Waals surface area contributed by atoms with Gasteiger partial charge in [-0.2, -0.15) is 5.26 Å². The van der Waals surface area contributed by atoms with Crippen LogP contribution in [0.4, 0.5) is 0 Å². The van der Waals surface area contributed by atoms with Crippen LogP contribution in [0.15, 0.2) is 45.3 Å². The Morgan fingerprint density at radius 3 is 2.56 bits per heavy atom. The fourth-order valence-corrected chi connectivity index (χ4v) is 9.08. The van der Waals surface area contributed by atoms with Crippen LogP contribution in [0, 0.1) is 25.2 Å². The molecule has 4 aromatic rings. The van der Waals surface area contributed by atoms with E-state index >= 15 is 0 Å². The number of thiophene rings is 1. The molecule has 260 valence electrons. The van der Waals surface area contributed by atoms with Gasteiger partial charge in [-0.15, -0.1) is 11.3 Å². The number of ether oxygens (including phenoxy) is 4. The molecule has 0 unspecified atom stereocenters. The zero-order chi connectivity index (χ0) is 35.7. The summed E-state index contributed by atoms with van der Waals surface area (Å²) in [5.41, 5.74) is 5.59. The van der Waals surface area contributed by atoms with Gasteiger partial charge in [-0.1, -0.05) is 17.4 Å². The SMILES string of the molecule is CCOC(=O)C1=C(C)N=c2s/c(=C\c3cc(C)n(-c4sc5c(c4C#N)CCCC5)c3C)c(=O)n2[C@@H]1c1ccc(OCC(=O)OC)c(OCC)c1. The van der Waals surface area contributed by atoms with Crippen molar-refractivity contribution in [1.29, 1.82) is 5.26 Å². The monoisotopic (exact) mass is 714 g/mol. The molecule has 50 heavy (non-hydrogen) atoms. The van der Waals surface area contributed by atoms with E-state index in [1.165, 1.54) is 33.5 Å². The van der Waals surface area contributed by atoms with E-state index in [-0.39, 0.29) is 24.3 Å². The minimum atomic E-state index is -0.871. The molecular weight excluding hydrogens is 677 g/mol. The number of aromatic nitrogens is 2. The van der Waals surface area contributed by atoms with Crippen LogP contribution in [-0.4, -0.2) is 48.0 Å². The zero-order valence-electron chi connectivity index (χ0n) is 28.9. The minimum absolute atomic E-state index is 0.146. The molecule has 0 bridgehead atoms. The minimum Gasteiger partial charge on any atom is -0.490 e. The zero-order valence-corrected chi connectivity index (χ0v) is 30.5. The van der Waals surface area contributed by atoms with Crippen molar-refractivity contribution in [2.45, 2.75) is 66.3 Å². The summed E-state index contributed by atoms with van der Waals surface area (Å²) in [5, 5.41) is 11.1. The molecule has 1 aliphatic heterocycles. The second kappa shape index (κ2) is 14.5. The molecule has 0 saturated carbocycles. The van der Waals surface area contributed by atoms with E-state index in [1.807, 2.05) is 32.9 Å². The number of methoxy groups -OCH3 is 1. The first-order valence-electron chi connectivity index (χ1n) is 16.5. The Hall–Kier alpha value is -4.93. The molecule has 1 aromatic carbocycles. The summed E-state index contributed by atoms with van der Waals surface area (Å²) < 4.78 is 25.8. The summed E-state index contributed by atoms with van der Waals surface area (Å²) in [5.74, 6) is -0.471. The molecule has 0 radical (unpaired) electrons. The molecule has 0 fully saturated rings. The number of benzene rings is 1. The third-order valence-electron chi connectivity index (χ3n) is 8.90. The van der Waals surface area contributed by atoms with Crippen molar-refractivity contribution in [2.24, 2.45) is 4.99 Å². The van der Waals surface area contributed by atoms with Crippen LogP contribution in [-0.2, 0) is 31.9 Å². The molecule has 4 heterocycles. The highest BCUT2D eigenvalue weighted by atomic mass is 32.1. The first-order chi connectivity index (χ1) is 24.1. The average molecular weight is 715 g/mol. The van der Waals surface area contributed by atoms with Crippen molar-refractivity contribution in [3.05, 3.63) is 93.7 Å². The fraction of sp³-hybridized carbons (Fsp3) is 0.378. The van der Waals surface area contributed by atoms with E-state index in [1.54, 1.807) is 43.4 Å². The van der Waals surface area contributed by atoms with Crippen LogP contribution >= 0.6 is 22.7 Å². The van der Waals surface area contributed by atoms with Crippen molar-refractivity contribution < 1.29 is 28.5 Å². The predicted octanol–water partition coefficient (Wildman–Crippen LogP) is 4.97. The molecule has 6 rings (SSSR count). The van der Waals surface area contributed by atoms with E-state index in [0.717, 1.165) is 53.2 Å². The summed E-state index contributed by atoms with van der Waals surface area (Å²) in [6.45, 7) is 9.42. The Morgan fingerprint density at radius 2 is 1.84 bits per heavy atom. The van der Waals surface area contributed by atoms with Gasteiger partial charge >= 0.3 is 11.9 Å². The number of carbonyl (C=O) groups is 2. The third-order valence-corrected chi connectivity index (χ3v) is 11.2. The second-order valence-electron chi connectivity index (χ2n) is 12.0. The smallest absolute Gasteiger partial charge is 0.343 e. The molecule has 13 heteroatoms. The van der Waals surface area contributed by atoms with Gasteiger partial charge in [-0.3, -0.25) is 9.36 Å². The summed E-state index contributed by atoms with van der Waals surface area (Å²) >= 11 is 2.93. The van der Waals surface area contributed by atoms with Crippen LogP contribution < -0.4 is 24.4 Å². The summed E-state index contributed by atoms with van der Waals surface area (Å²) in [7, 11) is 1.28. The Bertz CT molecular complexity index is 2260. The largest absolute Gasteiger partial charge is 0.490 e. The maximum absolute atomic E-state index is 14.4. The Morgan fingerprint density at radius 1 is 1.06 bits per heavy atom. The molecule has 3 aromatic heterocycles. The number of fused-ring (bicyclic) bond motifs is 2. The normalized spacial score (nSPS) is 15.5. The number of allylic oxidation sites excluding steroid dienone is 1. The standard InChI is InChI=1S/C37H38N4O7S2/c1-7-46-28-16-23(13-14-27(28)48-19-31(42)45-6)33-32(36(44)47-8-2)21(4)39-37-41(33)34(43)30(50-37)17-24-15-20(3)40(22(24)5)35-26(18-38)25-11-9-10-12-29(25)49-35/h13-17,33H,7-12,19H2,1-6H3/b30-17-/t33-/m1/s1. The number of rotatable bonds is 10. The number of hydrogen-bond donors (Lipinski definition) is 0. The molecular formula is C37H38N4O7S2. The van der Waals surface area contributed by atoms with Crippen LogP contribution in [0.25, 0.3) is 11.1 Å². The summed E-state index contributed by atoms with van der Waals surface area (Å²) in [6, 6.07) is 8.71. The van der Waals surface area contributed by atoms with Crippen molar-refractivity contribution in [2.75, 3.05) is 26.9 Å². The molecule has 1 atom stereocenters. The summed E-state index contributed by atoms with van der Waals surface area (Å²) in [6.07, 6.45) is 5.99. The van der Waals surface area contributed by atoms with Gasteiger partial charge in [0.05, 0.1) is 47.7 Å². The van der Waals surface area contributed by atoms with Gasteiger partial charge in [0.2, 0.25) is 0 Å². The van der Waals surface area contributed by atoms with Crippen LogP contribution in [0.3, 0.4) is 0 Å². The van der Waals surface area contributed by atoms with E-state index in [4.69, 9.17) is 23.9 Å². The van der Waals surface area contributed by atoms with Crippen LogP contribution in [0.1, 0.15) is 78.2 Å². The molecule has 0 spiro atoms. The molecule has 2 aliphatic rings. The van der Waals surface area contributed by atoms with E-state index in [9.17, 15) is 19.6 Å². The third kappa shape index (κ3) is 6.29. The number of aryl methyl sites for hydroxylation is 2. The van der Waals surface area contributed by atoms with E-state index < -0.39 is 18.0 Å². The lowest BCUT2D eigenvalue weighted by Gasteiger charge is -2.25. The van der Waals surface area contributed by atoms with Gasteiger partial charge in [-0.25, -0.2) is 14.6 Å². The molecule has 0 amide bonds. The quantitative estimate of drug-likeness (QED) is 0.211. The van der Waals surface area contributed by atoms with Gasteiger partial charge in [0.25, 0.3) is 5.56 Å². The fourth-order valence-electron chi connectivity index (χ4n) is 6.60. The topological polar surface area (TPSA) is 134 Å². The maximum atomic E-state index is 14.4. The van der Waals surface area contributed by atoms with Gasteiger partial charge in [0.15, 0.2) is 22.9 Å². The van der Waals surface area contributed by atoms with Gasteiger partial charge in [-0.05, 0) is 101 Å². The number of esters is 2. The van der Waals surface area contributed by atoms with Crippen molar-refractivity contribution in [3.63, 3.8) is 0 Å². The predicted molar refractivity (Wildman–Crippen MR) is 190 cm³/mol. The number of nitriles is 1. The lowest BCUT2D eigenvalue weighted by atomic mass is 9.95. The molecule has 11 nitrogen and oxygen atoms in total. The molecule has 0 saturated heterocycles. The Labute approximate surface area is 297 Å². The summed E-state index contributed by atoms with van der Waals surface area (Å²) in [4.78, 5) is 46.0. The molecule has 1 aliphatic carbocycles. The van der Waals surface area contributed by atoms with Crippen molar-refractivity contribution in [1.82, 2.24) is 9.13 Å². The Kier molecular flexibility index (Phi) is 10.1. The number of thiazole rings is 1. The van der Waals surface area contributed by atoms with Gasteiger partial charge in [0, 0.05) is 16.3 Å².